The smallest absolute Gasteiger partial charge is 0.276 e. The minimum absolute atomic E-state index is 0.0243. The van der Waals surface area contributed by atoms with Gasteiger partial charge < -0.3 is 5.11 Å². The van der Waals surface area contributed by atoms with Gasteiger partial charge in [-0.1, -0.05) is 11.6 Å². The molecule has 3 rings (SSSR count). The van der Waals surface area contributed by atoms with E-state index in [1.807, 2.05) is 6.92 Å². The molecule has 1 aliphatic heterocycles. The standard InChI is InChI=1S/C14H15ClN2O2/c1-9-12-3-2-8-14(12,19)17(16-9)13(18)10-4-6-11(15)7-5-10/h4-7,12,19H,2-3,8H2,1H3. The van der Waals surface area contributed by atoms with Crippen molar-refractivity contribution in [3.8, 4) is 0 Å². The molecule has 4 nitrogen and oxygen atoms in total. The Morgan fingerprint density at radius 3 is 2.84 bits per heavy atom. The first kappa shape index (κ1) is 12.6. The van der Waals surface area contributed by atoms with Gasteiger partial charge in [0.1, 0.15) is 0 Å². The molecule has 0 spiro atoms. The van der Waals surface area contributed by atoms with Crippen molar-refractivity contribution < 1.29 is 9.90 Å². The topological polar surface area (TPSA) is 52.9 Å². The van der Waals surface area contributed by atoms with Gasteiger partial charge in [-0.15, -0.1) is 0 Å². The summed E-state index contributed by atoms with van der Waals surface area (Å²) in [5.74, 6) is -0.299. The summed E-state index contributed by atoms with van der Waals surface area (Å²) in [6.07, 6.45) is 2.38. The first-order valence-electron chi connectivity index (χ1n) is 6.40. The number of fused-ring (bicyclic) bond motifs is 1. The predicted octanol–water partition coefficient (Wildman–Crippen LogP) is 2.66. The Morgan fingerprint density at radius 2 is 2.16 bits per heavy atom. The zero-order chi connectivity index (χ0) is 13.6. The maximum atomic E-state index is 12.5. The van der Waals surface area contributed by atoms with E-state index >= 15 is 0 Å². The lowest BCUT2D eigenvalue weighted by Gasteiger charge is -2.31. The van der Waals surface area contributed by atoms with E-state index in [4.69, 9.17) is 11.6 Å². The summed E-state index contributed by atoms with van der Waals surface area (Å²) in [5, 5.41) is 16.8. The third-order valence-electron chi connectivity index (χ3n) is 4.01. The van der Waals surface area contributed by atoms with Gasteiger partial charge in [-0.2, -0.15) is 10.1 Å². The van der Waals surface area contributed by atoms with Crippen LogP contribution >= 0.6 is 11.6 Å². The Bertz CT molecular complexity index is 555. The average Bonchev–Trinajstić information content (AvgIpc) is 2.88. The Labute approximate surface area is 116 Å². The molecule has 0 radical (unpaired) electrons. The number of hydrogen-bond acceptors (Lipinski definition) is 3. The van der Waals surface area contributed by atoms with E-state index in [-0.39, 0.29) is 11.8 Å². The fraction of sp³-hybridized carbons (Fsp3) is 0.429. The summed E-state index contributed by atoms with van der Waals surface area (Å²) in [5.41, 5.74) is 0.185. The summed E-state index contributed by atoms with van der Waals surface area (Å²) in [6, 6.07) is 6.64. The van der Waals surface area contributed by atoms with Crippen molar-refractivity contribution in [2.45, 2.75) is 31.9 Å². The van der Waals surface area contributed by atoms with E-state index in [1.165, 1.54) is 5.01 Å². The monoisotopic (exact) mass is 278 g/mol. The molecule has 1 fully saturated rings. The van der Waals surface area contributed by atoms with E-state index < -0.39 is 5.72 Å². The number of hydrogen-bond donors (Lipinski definition) is 1. The van der Waals surface area contributed by atoms with E-state index in [0.29, 0.717) is 17.0 Å². The van der Waals surface area contributed by atoms with Gasteiger partial charge in [-0.3, -0.25) is 4.79 Å². The van der Waals surface area contributed by atoms with Crippen LogP contribution in [0.1, 0.15) is 36.5 Å². The molecule has 0 saturated heterocycles. The molecular weight excluding hydrogens is 264 g/mol. The highest BCUT2D eigenvalue weighted by Gasteiger charge is 2.53. The molecule has 2 aliphatic rings. The van der Waals surface area contributed by atoms with Crippen LogP contribution in [0.25, 0.3) is 0 Å². The van der Waals surface area contributed by atoms with Crippen LogP contribution in [0.5, 0.6) is 0 Å². The van der Waals surface area contributed by atoms with Crippen molar-refractivity contribution in [3.63, 3.8) is 0 Å². The number of rotatable bonds is 1. The predicted molar refractivity (Wildman–Crippen MR) is 73.0 cm³/mol. The van der Waals surface area contributed by atoms with Gasteiger partial charge in [0.25, 0.3) is 5.91 Å². The molecule has 1 amide bonds. The summed E-state index contributed by atoms with van der Waals surface area (Å²) >= 11 is 5.81. The van der Waals surface area contributed by atoms with Crippen molar-refractivity contribution >= 4 is 23.2 Å². The third-order valence-corrected chi connectivity index (χ3v) is 4.26. The van der Waals surface area contributed by atoms with E-state index in [1.54, 1.807) is 24.3 Å². The number of benzene rings is 1. The second-order valence-electron chi connectivity index (χ2n) is 5.19. The maximum absolute atomic E-state index is 12.5. The average molecular weight is 279 g/mol. The number of nitrogens with zero attached hydrogens (tertiary/aromatic N) is 2. The number of amides is 1. The van der Waals surface area contributed by atoms with Crippen LogP contribution in [0.2, 0.25) is 5.02 Å². The molecule has 0 bridgehead atoms. The molecule has 1 heterocycles. The molecule has 1 aromatic rings. The largest absolute Gasteiger partial charge is 0.368 e. The molecule has 5 heteroatoms. The lowest BCUT2D eigenvalue weighted by molar-refractivity contribution is -0.0843. The number of halogens is 1. The number of carbonyl (C=O) groups is 1. The second-order valence-corrected chi connectivity index (χ2v) is 5.63. The van der Waals surface area contributed by atoms with Crippen LogP contribution in [0, 0.1) is 5.92 Å². The number of aliphatic hydroxyl groups is 1. The fourth-order valence-electron chi connectivity index (χ4n) is 3.02. The van der Waals surface area contributed by atoms with E-state index in [2.05, 4.69) is 5.10 Å². The Hall–Kier alpha value is -1.39. The quantitative estimate of drug-likeness (QED) is 0.859. The first-order chi connectivity index (χ1) is 9.02. The lowest BCUT2D eigenvalue weighted by Crippen LogP contribution is -2.48. The molecule has 1 aromatic carbocycles. The van der Waals surface area contributed by atoms with Crippen LogP contribution in [-0.2, 0) is 0 Å². The highest BCUT2D eigenvalue weighted by Crippen LogP contribution is 2.44. The van der Waals surface area contributed by atoms with Gasteiger partial charge in [-0.05, 0) is 50.5 Å². The van der Waals surface area contributed by atoms with Crippen LogP contribution in [-0.4, -0.2) is 27.5 Å². The van der Waals surface area contributed by atoms with Crippen LogP contribution in [0.3, 0.4) is 0 Å². The summed E-state index contributed by atoms with van der Waals surface area (Å²) in [6.45, 7) is 1.87. The molecule has 2 unspecified atom stereocenters. The molecule has 1 aliphatic carbocycles. The minimum Gasteiger partial charge on any atom is -0.368 e. The van der Waals surface area contributed by atoms with Crippen molar-refractivity contribution in [2.75, 3.05) is 0 Å². The normalized spacial score (nSPS) is 29.3. The molecule has 100 valence electrons. The number of carbonyl (C=O) groups excluding carboxylic acids is 1. The zero-order valence-corrected chi connectivity index (χ0v) is 11.4. The van der Waals surface area contributed by atoms with E-state index in [0.717, 1.165) is 18.6 Å². The third kappa shape index (κ3) is 1.86. The fourth-order valence-corrected chi connectivity index (χ4v) is 3.14. The van der Waals surface area contributed by atoms with Crippen molar-refractivity contribution in [1.29, 1.82) is 0 Å². The maximum Gasteiger partial charge on any atom is 0.276 e. The highest BCUT2D eigenvalue weighted by atomic mass is 35.5. The lowest BCUT2D eigenvalue weighted by atomic mass is 9.96. The molecule has 2 atom stereocenters. The van der Waals surface area contributed by atoms with Crippen LogP contribution in [0.4, 0.5) is 0 Å². The zero-order valence-electron chi connectivity index (χ0n) is 10.6. The SMILES string of the molecule is CC1=NN(C(=O)c2ccc(Cl)cc2)C2(O)CCCC12. The van der Waals surface area contributed by atoms with Crippen molar-refractivity contribution in [3.05, 3.63) is 34.9 Å². The van der Waals surface area contributed by atoms with Gasteiger partial charge in [-0.25, -0.2) is 0 Å². The van der Waals surface area contributed by atoms with Gasteiger partial charge >= 0.3 is 0 Å². The molecular formula is C14H15ClN2O2. The molecule has 1 N–H and O–H groups in total. The van der Waals surface area contributed by atoms with Gasteiger partial charge in [0, 0.05) is 22.2 Å². The van der Waals surface area contributed by atoms with Gasteiger partial charge in [0.05, 0.1) is 0 Å². The Kier molecular flexibility index (Phi) is 2.87. The molecule has 1 saturated carbocycles. The Balaban J connectivity index is 1.94. The van der Waals surface area contributed by atoms with Crippen LogP contribution < -0.4 is 0 Å². The van der Waals surface area contributed by atoms with Gasteiger partial charge in [0.2, 0.25) is 0 Å². The number of hydrazone groups is 1. The van der Waals surface area contributed by atoms with E-state index in [9.17, 15) is 9.90 Å². The van der Waals surface area contributed by atoms with Crippen molar-refractivity contribution in [2.24, 2.45) is 11.0 Å². The minimum atomic E-state index is -1.14. The molecule has 19 heavy (non-hydrogen) atoms. The van der Waals surface area contributed by atoms with Gasteiger partial charge in [0.15, 0.2) is 5.72 Å². The molecule has 0 aromatic heterocycles. The van der Waals surface area contributed by atoms with Crippen molar-refractivity contribution in [1.82, 2.24) is 5.01 Å². The summed E-state index contributed by atoms with van der Waals surface area (Å²) in [7, 11) is 0. The first-order valence-corrected chi connectivity index (χ1v) is 6.78. The summed E-state index contributed by atoms with van der Waals surface area (Å²) in [4.78, 5) is 12.5. The summed E-state index contributed by atoms with van der Waals surface area (Å²) < 4.78 is 0. The highest BCUT2D eigenvalue weighted by molar-refractivity contribution is 6.30. The Morgan fingerprint density at radius 1 is 1.47 bits per heavy atom. The van der Waals surface area contributed by atoms with Crippen LogP contribution in [0.15, 0.2) is 29.4 Å². The second kappa shape index (κ2) is 4.32.